The molecule has 1 saturated carbocycles. The van der Waals surface area contributed by atoms with Gasteiger partial charge in [0, 0.05) is 12.6 Å². The van der Waals surface area contributed by atoms with Crippen LogP contribution in [0.15, 0.2) is 4.42 Å². The first-order valence-corrected chi connectivity index (χ1v) is 7.12. The van der Waals surface area contributed by atoms with Gasteiger partial charge in [0.1, 0.15) is 0 Å². The number of rotatable bonds is 3. The summed E-state index contributed by atoms with van der Waals surface area (Å²) in [6, 6.07) is 1.37. The Morgan fingerprint density at radius 2 is 2.06 bits per heavy atom. The Balaban J connectivity index is 1.76. The van der Waals surface area contributed by atoms with Crippen molar-refractivity contribution in [3.63, 3.8) is 0 Å². The van der Waals surface area contributed by atoms with Gasteiger partial charge in [-0.15, -0.1) is 5.10 Å². The van der Waals surface area contributed by atoms with Gasteiger partial charge >= 0.3 is 6.01 Å². The molecule has 2 unspecified atom stereocenters. The topological polar surface area (TPSA) is 54.2 Å². The molecule has 0 bridgehead atoms. The van der Waals surface area contributed by atoms with E-state index in [1.54, 1.807) is 0 Å². The van der Waals surface area contributed by atoms with E-state index >= 15 is 0 Å². The maximum Gasteiger partial charge on any atom is 0.318 e. The monoisotopic (exact) mass is 250 g/mol. The van der Waals surface area contributed by atoms with E-state index in [1.165, 1.54) is 38.5 Å². The number of piperidine rings is 1. The Morgan fingerprint density at radius 1 is 1.22 bits per heavy atom. The maximum atomic E-state index is 5.75. The fourth-order valence-corrected chi connectivity index (χ4v) is 3.45. The van der Waals surface area contributed by atoms with Crippen LogP contribution in [0.3, 0.4) is 0 Å². The van der Waals surface area contributed by atoms with Crippen molar-refractivity contribution in [3.8, 4) is 0 Å². The van der Waals surface area contributed by atoms with E-state index < -0.39 is 0 Å². The number of hydrogen-bond donors (Lipinski definition) is 1. The van der Waals surface area contributed by atoms with Crippen LogP contribution in [-0.2, 0) is 6.54 Å². The number of fused-ring (bicyclic) bond motifs is 1. The second-order valence-corrected chi connectivity index (χ2v) is 5.46. The van der Waals surface area contributed by atoms with E-state index in [9.17, 15) is 0 Å². The van der Waals surface area contributed by atoms with Gasteiger partial charge in [-0.2, -0.15) is 0 Å². The third kappa shape index (κ3) is 2.23. The van der Waals surface area contributed by atoms with Crippen molar-refractivity contribution in [3.05, 3.63) is 5.89 Å². The van der Waals surface area contributed by atoms with Crippen LogP contribution in [0.1, 0.15) is 44.4 Å². The van der Waals surface area contributed by atoms with Gasteiger partial charge in [0.05, 0.1) is 6.54 Å². The predicted molar refractivity (Wildman–Crippen MR) is 69.4 cm³/mol. The molecule has 0 amide bonds. The van der Waals surface area contributed by atoms with E-state index in [1.807, 2.05) is 7.05 Å². The zero-order chi connectivity index (χ0) is 12.4. The number of aromatic nitrogens is 2. The molecule has 0 spiro atoms. The van der Waals surface area contributed by atoms with E-state index in [4.69, 9.17) is 4.42 Å². The lowest BCUT2D eigenvalue weighted by Crippen LogP contribution is -2.47. The molecule has 1 N–H and O–H groups in total. The fraction of sp³-hybridized carbons (Fsp3) is 0.846. The van der Waals surface area contributed by atoms with Crippen molar-refractivity contribution in [2.24, 2.45) is 5.92 Å². The first-order valence-electron chi connectivity index (χ1n) is 7.12. The third-order valence-electron chi connectivity index (χ3n) is 4.27. The quantitative estimate of drug-likeness (QED) is 0.888. The fourth-order valence-electron chi connectivity index (χ4n) is 3.45. The third-order valence-corrected chi connectivity index (χ3v) is 4.27. The first-order chi connectivity index (χ1) is 8.88. The van der Waals surface area contributed by atoms with Crippen LogP contribution < -0.4 is 10.2 Å². The lowest BCUT2D eigenvalue weighted by Gasteiger charge is -2.43. The zero-order valence-corrected chi connectivity index (χ0v) is 11.1. The van der Waals surface area contributed by atoms with Gasteiger partial charge in [0.25, 0.3) is 0 Å². The summed E-state index contributed by atoms with van der Waals surface area (Å²) in [6.07, 6.45) is 8.02. The van der Waals surface area contributed by atoms with Gasteiger partial charge in [-0.05, 0) is 38.6 Å². The molecule has 3 rings (SSSR count). The van der Waals surface area contributed by atoms with Gasteiger partial charge in [0.15, 0.2) is 0 Å². The molecule has 5 nitrogen and oxygen atoms in total. The average molecular weight is 250 g/mol. The molecule has 1 aliphatic carbocycles. The molecule has 0 aromatic carbocycles. The zero-order valence-electron chi connectivity index (χ0n) is 11.1. The molecule has 2 aliphatic rings. The highest BCUT2D eigenvalue weighted by Crippen LogP contribution is 2.37. The minimum atomic E-state index is 0.635. The predicted octanol–water partition coefficient (Wildman–Crippen LogP) is 1.95. The molecule has 5 heteroatoms. The largest absolute Gasteiger partial charge is 0.407 e. The van der Waals surface area contributed by atoms with E-state index in [0.717, 1.165) is 18.5 Å². The molecule has 1 aliphatic heterocycles. The molecule has 2 atom stereocenters. The van der Waals surface area contributed by atoms with Crippen molar-refractivity contribution in [1.29, 1.82) is 0 Å². The molecular weight excluding hydrogens is 228 g/mol. The summed E-state index contributed by atoms with van der Waals surface area (Å²) in [5.74, 6) is 1.53. The second-order valence-electron chi connectivity index (χ2n) is 5.46. The maximum absolute atomic E-state index is 5.75. The summed E-state index contributed by atoms with van der Waals surface area (Å²) in [7, 11) is 1.89. The Hall–Kier alpha value is -1.10. The minimum absolute atomic E-state index is 0.635. The summed E-state index contributed by atoms with van der Waals surface area (Å²) in [5.41, 5.74) is 0. The molecule has 0 radical (unpaired) electrons. The normalized spacial score (nSPS) is 28.2. The van der Waals surface area contributed by atoms with E-state index in [2.05, 4.69) is 20.4 Å². The first kappa shape index (κ1) is 12.0. The summed E-state index contributed by atoms with van der Waals surface area (Å²) in [4.78, 5) is 2.36. The number of nitrogens with zero attached hydrogens (tertiary/aromatic N) is 3. The molecule has 1 saturated heterocycles. The lowest BCUT2D eigenvalue weighted by atomic mass is 9.78. The highest BCUT2D eigenvalue weighted by atomic mass is 16.4. The van der Waals surface area contributed by atoms with Crippen LogP contribution in [0, 0.1) is 5.92 Å². The van der Waals surface area contributed by atoms with Crippen molar-refractivity contribution < 1.29 is 4.42 Å². The number of anilines is 1. The summed E-state index contributed by atoms with van der Waals surface area (Å²) < 4.78 is 5.75. The van der Waals surface area contributed by atoms with Gasteiger partial charge in [0.2, 0.25) is 5.89 Å². The second kappa shape index (κ2) is 5.26. The van der Waals surface area contributed by atoms with Gasteiger partial charge in [-0.3, -0.25) is 0 Å². The Kier molecular flexibility index (Phi) is 3.50. The number of nitrogens with one attached hydrogen (secondary N) is 1. The highest BCUT2D eigenvalue weighted by molar-refractivity contribution is 5.28. The Labute approximate surface area is 108 Å². The lowest BCUT2D eigenvalue weighted by molar-refractivity contribution is 0.234. The van der Waals surface area contributed by atoms with E-state index in [0.29, 0.717) is 18.5 Å². The summed E-state index contributed by atoms with van der Waals surface area (Å²) in [6.45, 7) is 1.72. The van der Waals surface area contributed by atoms with Crippen molar-refractivity contribution >= 4 is 6.01 Å². The Morgan fingerprint density at radius 3 is 2.94 bits per heavy atom. The number of hydrogen-bond acceptors (Lipinski definition) is 5. The van der Waals surface area contributed by atoms with Gasteiger partial charge in [-0.1, -0.05) is 17.9 Å². The molecule has 2 heterocycles. The molecule has 2 fully saturated rings. The average Bonchev–Trinajstić information content (AvgIpc) is 2.87. The standard InChI is InChI=1S/C13H22N4O/c1-14-9-12-15-16-13(18-12)17-8-4-6-10-5-2-3-7-11(10)17/h10-11,14H,2-9H2,1H3. The highest BCUT2D eigenvalue weighted by Gasteiger charge is 2.35. The van der Waals surface area contributed by atoms with Crippen LogP contribution >= 0.6 is 0 Å². The van der Waals surface area contributed by atoms with Crippen LogP contribution in [-0.4, -0.2) is 29.8 Å². The van der Waals surface area contributed by atoms with Gasteiger partial charge in [-0.25, -0.2) is 0 Å². The SMILES string of the molecule is CNCc1nnc(N2CCCC3CCCCC32)o1. The molecule has 18 heavy (non-hydrogen) atoms. The molecule has 100 valence electrons. The van der Waals surface area contributed by atoms with Crippen molar-refractivity contribution in [2.45, 2.75) is 51.1 Å². The minimum Gasteiger partial charge on any atom is -0.407 e. The summed E-state index contributed by atoms with van der Waals surface area (Å²) >= 11 is 0. The van der Waals surface area contributed by atoms with Crippen LogP contribution in [0.4, 0.5) is 6.01 Å². The van der Waals surface area contributed by atoms with Crippen LogP contribution in [0.5, 0.6) is 0 Å². The van der Waals surface area contributed by atoms with Crippen molar-refractivity contribution in [2.75, 3.05) is 18.5 Å². The smallest absolute Gasteiger partial charge is 0.318 e. The molecule has 1 aromatic heterocycles. The molecule has 1 aromatic rings. The van der Waals surface area contributed by atoms with Gasteiger partial charge < -0.3 is 14.6 Å². The Bertz CT molecular complexity index is 390. The van der Waals surface area contributed by atoms with Crippen LogP contribution in [0.2, 0.25) is 0 Å². The van der Waals surface area contributed by atoms with E-state index in [-0.39, 0.29) is 0 Å². The molecular formula is C13H22N4O. The summed E-state index contributed by atoms with van der Waals surface area (Å²) in [5, 5.41) is 11.4. The van der Waals surface area contributed by atoms with Crippen LogP contribution in [0.25, 0.3) is 0 Å². The van der Waals surface area contributed by atoms with Crippen molar-refractivity contribution in [1.82, 2.24) is 15.5 Å².